The van der Waals surface area contributed by atoms with Crippen LogP contribution in [0.1, 0.15) is 37.7 Å². The molecular weight excluding hydrogens is 186 g/mol. The summed E-state index contributed by atoms with van der Waals surface area (Å²) in [5.74, 6) is 0.557. The van der Waals surface area contributed by atoms with Crippen LogP contribution in [0.2, 0.25) is 0 Å². The lowest BCUT2D eigenvalue weighted by Gasteiger charge is -2.17. The molecule has 1 saturated carbocycles. The Balaban J connectivity index is 1.77. The fourth-order valence-electron chi connectivity index (χ4n) is 2.44. The van der Waals surface area contributed by atoms with Crippen molar-refractivity contribution in [2.45, 2.75) is 44.6 Å². The molecule has 0 radical (unpaired) electrons. The Morgan fingerprint density at radius 3 is 2.87 bits per heavy atom. The van der Waals surface area contributed by atoms with Crippen LogP contribution in [0.25, 0.3) is 0 Å². The highest BCUT2D eigenvalue weighted by Gasteiger charge is 2.22. The molecule has 0 spiro atoms. The smallest absolute Gasteiger partial charge is 0.0571 e. The van der Waals surface area contributed by atoms with Crippen molar-refractivity contribution in [3.63, 3.8) is 0 Å². The largest absolute Gasteiger partial charge is 0.393 e. The van der Waals surface area contributed by atoms with Gasteiger partial charge in [-0.2, -0.15) is 0 Å². The molecule has 1 aromatic rings. The molecule has 1 unspecified atom stereocenters. The normalized spacial score (nSPS) is 19.3. The number of rotatable bonds is 4. The molecule has 15 heavy (non-hydrogen) atoms. The SMILES string of the molecule is OC(CCc1cccnc1)C1CCCC1. The van der Waals surface area contributed by atoms with E-state index in [4.69, 9.17) is 0 Å². The van der Waals surface area contributed by atoms with E-state index in [9.17, 15) is 5.11 Å². The maximum Gasteiger partial charge on any atom is 0.0571 e. The zero-order chi connectivity index (χ0) is 10.5. The van der Waals surface area contributed by atoms with Crippen LogP contribution >= 0.6 is 0 Å². The quantitative estimate of drug-likeness (QED) is 0.819. The summed E-state index contributed by atoms with van der Waals surface area (Å²) in [4.78, 5) is 4.08. The average Bonchev–Trinajstić information content (AvgIpc) is 2.81. The van der Waals surface area contributed by atoms with Gasteiger partial charge in [-0.15, -0.1) is 0 Å². The van der Waals surface area contributed by atoms with Gasteiger partial charge in [0, 0.05) is 12.4 Å². The summed E-state index contributed by atoms with van der Waals surface area (Å²) in [5, 5.41) is 9.99. The third-order valence-electron chi connectivity index (χ3n) is 3.40. The summed E-state index contributed by atoms with van der Waals surface area (Å²) < 4.78 is 0. The highest BCUT2D eigenvalue weighted by molar-refractivity contribution is 5.08. The Hall–Kier alpha value is -0.890. The molecule has 0 saturated heterocycles. The van der Waals surface area contributed by atoms with Crippen LogP contribution < -0.4 is 0 Å². The number of aromatic nitrogens is 1. The first-order chi connectivity index (χ1) is 7.36. The van der Waals surface area contributed by atoms with Crippen molar-refractivity contribution in [3.05, 3.63) is 30.1 Å². The lowest BCUT2D eigenvalue weighted by molar-refractivity contribution is 0.102. The Morgan fingerprint density at radius 2 is 2.20 bits per heavy atom. The molecule has 1 heterocycles. The lowest BCUT2D eigenvalue weighted by atomic mass is 9.95. The zero-order valence-corrected chi connectivity index (χ0v) is 9.10. The Kier molecular flexibility index (Phi) is 3.73. The first-order valence-electron chi connectivity index (χ1n) is 5.93. The Bertz CT molecular complexity index is 280. The highest BCUT2D eigenvalue weighted by Crippen LogP contribution is 2.29. The molecule has 1 N–H and O–H groups in total. The van der Waals surface area contributed by atoms with Gasteiger partial charge in [-0.05, 0) is 43.2 Å². The van der Waals surface area contributed by atoms with Crippen LogP contribution in [-0.4, -0.2) is 16.2 Å². The van der Waals surface area contributed by atoms with Crippen molar-refractivity contribution < 1.29 is 5.11 Å². The van der Waals surface area contributed by atoms with Gasteiger partial charge in [-0.3, -0.25) is 4.98 Å². The molecule has 1 atom stereocenters. The number of hydrogen-bond acceptors (Lipinski definition) is 2. The number of nitrogens with zero attached hydrogens (tertiary/aromatic N) is 1. The minimum absolute atomic E-state index is 0.104. The van der Waals surface area contributed by atoms with Crippen molar-refractivity contribution in [2.24, 2.45) is 5.92 Å². The molecule has 1 aliphatic rings. The van der Waals surface area contributed by atoms with Gasteiger partial charge in [0.1, 0.15) is 0 Å². The minimum Gasteiger partial charge on any atom is -0.393 e. The fourth-order valence-corrected chi connectivity index (χ4v) is 2.44. The molecule has 0 aliphatic heterocycles. The van der Waals surface area contributed by atoms with E-state index in [2.05, 4.69) is 11.1 Å². The number of aliphatic hydroxyl groups is 1. The van der Waals surface area contributed by atoms with Crippen LogP contribution in [0.5, 0.6) is 0 Å². The highest BCUT2D eigenvalue weighted by atomic mass is 16.3. The van der Waals surface area contributed by atoms with E-state index in [1.807, 2.05) is 12.3 Å². The molecule has 0 amide bonds. The molecule has 1 aliphatic carbocycles. The standard InChI is InChI=1S/C13H19NO/c15-13(12-5-1-2-6-12)8-7-11-4-3-9-14-10-11/h3-4,9-10,12-13,15H,1-2,5-8H2. The topological polar surface area (TPSA) is 33.1 Å². The van der Waals surface area contributed by atoms with Crippen molar-refractivity contribution >= 4 is 0 Å². The number of hydrogen-bond donors (Lipinski definition) is 1. The van der Waals surface area contributed by atoms with E-state index in [-0.39, 0.29) is 6.10 Å². The maximum atomic E-state index is 9.99. The van der Waals surface area contributed by atoms with Crippen LogP contribution in [0, 0.1) is 5.92 Å². The Morgan fingerprint density at radius 1 is 1.40 bits per heavy atom. The summed E-state index contributed by atoms with van der Waals surface area (Å²) in [6.45, 7) is 0. The van der Waals surface area contributed by atoms with E-state index in [1.165, 1.54) is 31.2 Å². The third-order valence-corrected chi connectivity index (χ3v) is 3.40. The first kappa shape index (κ1) is 10.6. The number of aryl methyl sites for hydroxylation is 1. The molecular formula is C13H19NO. The fraction of sp³-hybridized carbons (Fsp3) is 0.615. The van der Waals surface area contributed by atoms with Crippen LogP contribution in [0.15, 0.2) is 24.5 Å². The predicted molar refractivity (Wildman–Crippen MR) is 60.5 cm³/mol. The van der Waals surface area contributed by atoms with E-state index in [0.717, 1.165) is 12.8 Å². The summed E-state index contributed by atoms with van der Waals surface area (Å²) in [6, 6.07) is 4.03. The van der Waals surface area contributed by atoms with Gasteiger partial charge in [0.05, 0.1) is 6.10 Å². The van der Waals surface area contributed by atoms with Gasteiger partial charge in [-0.1, -0.05) is 18.9 Å². The molecule has 2 heteroatoms. The van der Waals surface area contributed by atoms with Gasteiger partial charge in [0.25, 0.3) is 0 Å². The Labute approximate surface area is 91.4 Å². The van der Waals surface area contributed by atoms with Crippen molar-refractivity contribution in [3.8, 4) is 0 Å². The molecule has 0 bridgehead atoms. The van der Waals surface area contributed by atoms with E-state index < -0.39 is 0 Å². The number of pyridine rings is 1. The van der Waals surface area contributed by atoms with E-state index in [0.29, 0.717) is 5.92 Å². The van der Waals surface area contributed by atoms with Gasteiger partial charge in [-0.25, -0.2) is 0 Å². The summed E-state index contributed by atoms with van der Waals surface area (Å²) in [7, 11) is 0. The van der Waals surface area contributed by atoms with Crippen LogP contribution in [0.4, 0.5) is 0 Å². The second-order valence-electron chi connectivity index (χ2n) is 4.51. The van der Waals surface area contributed by atoms with Crippen molar-refractivity contribution in [1.82, 2.24) is 4.98 Å². The molecule has 2 rings (SSSR count). The van der Waals surface area contributed by atoms with Gasteiger partial charge < -0.3 is 5.11 Å². The molecule has 82 valence electrons. The average molecular weight is 205 g/mol. The molecule has 1 fully saturated rings. The minimum atomic E-state index is -0.104. The second kappa shape index (κ2) is 5.26. The molecule has 1 aromatic heterocycles. The summed E-state index contributed by atoms with van der Waals surface area (Å²) in [5.41, 5.74) is 1.23. The van der Waals surface area contributed by atoms with Gasteiger partial charge in [0.15, 0.2) is 0 Å². The van der Waals surface area contributed by atoms with Crippen molar-refractivity contribution in [1.29, 1.82) is 0 Å². The van der Waals surface area contributed by atoms with Gasteiger partial charge >= 0.3 is 0 Å². The summed E-state index contributed by atoms with van der Waals surface area (Å²) >= 11 is 0. The predicted octanol–water partition coefficient (Wildman–Crippen LogP) is 2.57. The molecule has 2 nitrogen and oxygen atoms in total. The van der Waals surface area contributed by atoms with Crippen LogP contribution in [0.3, 0.4) is 0 Å². The zero-order valence-electron chi connectivity index (χ0n) is 9.10. The third kappa shape index (κ3) is 3.03. The number of aliphatic hydroxyl groups excluding tert-OH is 1. The van der Waals surface area contributed by atoms with Crippen molar-refractivity contribution in [2.75, 3.05) is 0 Å². The van der Waals surface area contributed by atoms with E-state index >= 15 is 0 Å². The van der Waals surface area contributed by atoms with E-state index in [1.54, 1.807) is 6.20 Å². The van der Waals surface area contributed by atoms with Gasteiger partial charge in [0.2, 0.25) is 0 Å². The first-order valence-corrected chi connectivity index (χ1v) is 5.93. The monoisotopic (exact) mass is 205 g/mol. The summed E-state index contributed by atoms with van der Waals surface area (Å²) in [6.07, 6.45) is 10.4. The molecule has 0 aromatic carbocycles. The lowest BCUT2D eigenvalue weighted by Crippen LogP contribution is -2.18. The second-order valence-corrected chi connectivity index (χ2v) is 4.51. The maximum absolute atomic E-state index is 9.99. The van der Waals surface area contributed by atoms with Crippen LogP contribution in [-0.2, 0) is 6.42 Å².